The van der Waals surface area contributed by atoms with Crippen molar-refractivity contribution in [3.05, 3.63) is 0 Å². The number of carbonyl (C=O) groups excluding carboxylic acids is 3. The van der Waals surface area contributed by atoms with Crippen molar-refractivity contribution >= 4 is 48.9 Å². The average Bonchev–Trinajstić information content (AvgIpc) is 2.59. The molecule has 3 amide bonds. The topological polar surface area (TPSA) is 151 Å². The summed E-state index contributed by atoms with van der Waals surface area (Å²) in [5.41, 5.74) is 5.54. The SMILES string of the molecule is CCC(C)C(NC(=O)C(CS)NC(=O)C(N)CS)C(=O)NCC(=O)O. The maximum absolute atomic E-state index is 12.4. The zero-order chi connectivity index (χ0) is 19.6. The highest BCUT2D eigenvalue weighted by atomic mass is 32.1. The van der Waals surface area contributed by atoms with Crippen LogP contribution < -0.4 is 21.7 Å². The van der Waals surface area contributed by atoms with Gasteiger partial charge in [0.05, 0.1) is 6.04 Å². The van der Waals surface area contributed by atoms with Crippen LogP contribution in [0.3, 0.4) is 0 Å². The number of thiol groups is 2. The second kappa shape index (κ2) is 12.0. The van der Waals surface area contributed by atoms with E-state index in [4.69, 9.17) is 10.8 Å². The molecule has 6 N–H and O–H groups in total. The minimum absolute atomic E-state index is 0.000829. The minimum Gasteiger partial charge on any atom is -0.480 e. The molecule has 0 saturated carbocycles. The predicted molar refractivity (Wildman–Crippen MR) is 99.6 cm³/mol. The van der Waals surface area contributed by atoms with Crippen LogP contribution in [0.5, 0.6) is 0 Å². The summed E-state index contributed by atoms with van der Waals surface area (Å²) in [6, 6.07) is -2.79. The van der Waals surface area contributed by atoms with Gasteiger partial charge in [0.25, 0.3) is 0 Å². The van der Waals surface area contributed by atoms with E-state index in [0.29, 0.717) is 6.42 Å². The van der Waals surface area contributed by atoms with Crippen LogP contribution in [0.1, 0.15) is 20.3 Å². The van der Waals surface area contributed by atoms with Crippen molar-refractivity contribution in [3.63, 3.8) is 0 Å². The van der Waals surface area contributed by atoms with Crippen LogP contribution in [-0.2, 0) is 19.2 Å². The molecule has 0 radical (unpaired) electrons. The van der Waals surface area contributed by atoms with E-state index in [0.717, 1.165) is 0 Å². The van der Waals surface area contributed by atoms with Crippen molar-refractivity contribution in [2.24, 2.45) is 11.7 Å². The Kier molecular flexibility index (Phi) is 11.3. The van der Waals surface area contributed by atoms with E-state index in [-0.39, 0.29) is 17.4 Å². The van der Waals surface area contributed by atoms with Crippen LogP contribution >= 0.6 is 25.3 Å². The van der Waals surface area contributed by atoms with E-state index in [2.05, 4.69) is 41.2 Å². The van der Waals surface area contributed by atoms with E-state index in [1.54, 1.807) is 6.92 Å². The fourth-order valence-corrected chi connectivity index (χ4v) is 2.21. The predicted octanol–water partition coefficient (Wildman–Crippen LogP) is -1.61. The van der Waals surface area contributed by atoms with Gasteiger partial charge < -0.3 is 26.8 Å². The lowest BCUT2D eigenvalue weighted by atomic mass is 9.98. The summed E-state index contributed by atoms with van der Waals surface area (Å²) in [5, 5.41) is 15.9. The maximum Gasteiger partial charge on any atom is 0.322 e. The third-order valence-corrected chi connectivity index (χ3v) is 4.31. The molecular weight excluding hydrogens is 368 g/mol. The first-order valence-electron chi connectivity index (χ1n) is 7.75. The molecule has 4 unspecified atom stereocenters. The Bertz CT molecular complexity index is 492. The van der Waals surface area contributed by atoms with Gasteiger partial charge in [-0.25, -0.2) is 0 Å². The van der Waals surface area contributed by atoms with Gasteiger partial charge in [-0.3, -0.25) is 19.2 Å². The van der Waals surface area contributed by atoms with Crippen LogP contribution in [0, 0.1) is 5.92 Å². The third kappa shape index (κ3) is 8.45. The molecule has 144 valence electrons. The summed E-state index contributed by atoms with van der Waals surface area (Å²) in [5.74, 6) is -3.09. The number of hydrogen-bond donors (Lipinski definition) is 7. The summed E-state index contributed by atoms with van der Waals surface area (Å²) in [7, 11) is 0. The van der Waals surface area contributed by atoms with Crippen molar-refractivity contribution in [2.45, 2.75) is 38.4 Å². The summed E-state index contributed by atoms with van der Waals surface area (Å²) in [6.07, 6.45) is 0.577. The molecule has 4 atom stereocenters. The van der Waals surface area contributed by atoms with Crippen molar-refractivity contribution in [2.75, 3.05) is 18.1 Å². The lowest BCUT2D eigenvalue weighted by molar-refractivity contribution is -0.139. The molecule has 0 aromatic carbocycles. The molecule has 0 aliphatic heterocycles. The zero-order valence-electron chi connectivity index (χ0n) is 14.2. The Morgan fingerprint density at radius 1 is 1.04 bits per heavy atom. The van der Waals surface area contributed by atoms with E-state index >= 15 is 0 Å². The van der Waals surface area contributed by atoms with E-state index in [9.17, 15) is 19.2 Å². The van der Waals surface area contributed by atoms with E-state index < -0.39 is 48.4 Å². The van der Waals surface area contributed by atoms with Crippen molar-refractivity contribution in [1.82, 2.24) is 16.0 Å². The van der Waals surface area contributed by atoms with Crippen molar-refractivity contribution in [1.29, 1.82) is 0 Å². The number of nitrogens with two attached hydrogens (primary N) is 1. The molecule has 0 spiro atoms. The maximum atomic E-state index is 12.4. The molecule has 0 rings (SSSR count). The van der Waals surface area contributed by atoms with Gasteiger partial charge in [0.15, 0.2) is 0 Å². The van der Waals surface area contributed by atoms with Crippen LogP contribution in [0.25, 0.3) is 0 Å². The van der Waals surface area contributed by atoms with Crippen molar-refractivity contribution < 1.29 is 24.3 Å². The first-order valence-corrected chi connectivity index (χ1v) is 9.01. The number of rotatable bonds is 11. The largest absolute Gasteiger partial charge is 0.480 e. The number of carboxylic acids is 1. The van der Waals surface area contributed by atoms with Crippen LogP contribution in [0.15, 0.2) is 0 Å². The monoisotopic (exact) mass is 394 g/mol. The standard InChI is InChI=1S/C14H26N4O5S2/c1-3-7(2)11(14(23)16-4-10(19)20)18-13(22)9(6-25)17-12(21)8(15)5-24/h7-9,11,24-25H,3-6,15H2,1-2H3,(H,16,23)(H,17,21)(H,18,22)(H,19,20). The molecule has 0 aromatic heterocycles. The average molecular weight is 395 g/mol. The van der Waals surface area contributed by atoms with Gasteiger partial charge in [0.1, 0.15) is 18.6 Å². The van der Waals surface area contributed by atoms with Gasteiger partial charge in [-0.15, -0.1) is 0 Å². The highest BCUT2D eigenvalue weighted by Gasteiger charge is 2.30. The molecule has 0 heterocycles. The number of amides is 3. The Hall–Kier alpha value is -1.46. The molecule has 11 heteroatoms. The number of nitrogens with one attached hydrogen (secondary N) is 3. The van der Waals surface area contributed by atoms with Gasteiger partial charge in [-0.2, -0.15) is 25.3 Å². The fraction of sp³-hybridized carbons (Fsp3) is 0.714. The van der Waals surface area contributed by atoms with E-state index in [1.807, 2.05) is 6.92 Å². The Labute approximate surface area is 157 Å². The van der Waals surface area contributed by atoms with Gasteiger partial charge in [-0.1, -0.05) is 20.3 Å². The lowest BCUT2D eigenvalue weighted by Gasteiger charge is -2.26. The van der Waals surface area contributed by atoms with Gasteiger partial charge in [0.2, 0.25) is 17.7 Å². The highest BCUT2D eigenvalue weighted by molar-refractivity contribution is 7.80. The second-order valence-electron chi connectivity index (χ2n) is 5.52. The Morgan fingerprint density at radius 2 is 1.64 bits per heavy atom. The molecule has 0 bridgehead atoms. The minimum atomic E-state index is -1.19. The smallest absolute Gasteiger partial charge is 0.322 e. The summed E-state index contributed by atoms with van der Waals surface area (Å²) < 4.78 is 0. The molecule has 9 nitrogen and oxygen atoms in total. The Morgan fingerprint density at radius 3 is 2.08 bits per heavy atom. The number of aliphatic carboxylic acids is 1. The normalized spacial score (nSPS) is 15.4. The second-order valence-corrected chi connectivity index (χ2v) is 6.25. The lowest BCUT2D eigenvalue weighted by Crippen LogP contribution is -2.58. The summed E-state index contributed by atoms with van der Waals surface area (Å²) in [4.78, 5) is 46.9. The van der Waals surface area contributed by atoms with Gasteiger partial charge in [0, 0.05) is 11.5 Å². The molecular formula is C14H26N4O5S2. The van der Waals surface area contributed by atoms with Crippen LogP contribution in [0.2, 0.25) is 0 Å². The number of carboxylic acid groups (broad SMARTS) is 1. The van der Waals surface area contributed by atoms with Gasteiger partial charge in [-0.05, 0) is 5.92 Å². The summed E-state index contributed by atoms with van der Waals surface area (Å²) in [6.45, 7) is 3.03. The molecule has 0 aliphatic carbocycles. The molecule has 0 saturated heterocycles. The molecule has 25 heavy (non-hydrogen) atoms. The highest BCUT2D eigenvalue weighted by Crippen LogP contribution is 2.08. The number of hydrogen-bond acceptors (Lipinski definition) is 7. The molecule has 0 aliphatic rings. The van der Waals surface area contributed by atoms with E-state index in [1.165, 1.54) is 0 Å². The molecule has 0 fully saturated rings. The summed E-state index contributed by atoms with van der Waals surface area (Å²) >= 11 is 7.94. The molecule has 0 aromatic rings. The van der Waals surface area contributed by atoms with Crippen LogP contribution in [-0.4, -0.2) is 65.0 Å². The quantitative estimate of drug-likeness (QED) is 0.210. The first-order chi connectivity index (χ1) is 11.7. The fourth-order valence-electron chi connectivity index (χ4n) is 1.78. The Balaban J connectivity index is 5.00. The van der Waals surface area contributed by atoms with Crippen molar-refractivity contribution in [3.8, 4) is 0 Å². The van der Waals surface area contributed by atoms with Gasteiger partial charge >= 0.3 is 5.97 Å². The number of carbonyl (C=O) groups is 4. The first kappa shape index (κ1) is 23.5. The zero-order valence-corrected chi connectivity index (χ0v) is 16.0. The third-order valence-electron chi connectivity index (χ3n) is 3.56. The van der Waals surface area contributed by atoms with Crippen LogP contribution in [0.4, 0.5) is 0 Å².